The molecular formula is C22H35FO4. The fourth-order valence-electron chi connectivity index (χ4n) is 3.55. The average molecular weight is 383 g/mol. The number of aliphatic hydroxyl groups is 2. The average Bonchev–Trinajstić information content (AvgIpc) is 2.86. The summed E-state index contributed by atoms with van der Waals surface area (Å²) in [4.78, 5) is 10.4. The number of aliphatic carboxylic acids is 1. The second-order valence-electron chi connectivity index (χ2n) is 7.96. The largest absolute Gasteiger partial charge is 0.478 e. The zero-order chi connectivity index (χ0) is 20.4. The summed E-state index contributed by atoms with van der Waals surface area (Å²) in [5.74, 6) is -1.42. The minimum Gasteiger partial charge on any atom is -0.478 e. The van der Waals surface area contributed by atoms with Crippen LogP contribution in [0.3, 0.4) is 0 Å². The number of unbranched alkanes of at least 4 members (excludes halogenated alkanes) is 2. The van der Waals surface area contributed by atoms with Gasteiger partial charge in [-0.15, -0.1) is 0 Å². The van der Waals surface area contributed by atoms with Gasteiger partial charge in [-0.05, 0) is 51.4 Å². The number of carboxylic acids is 1. The molecule has 1 fully saturated rings. The normalized spacial score (nSPS) is 27.9. The number of carbonyl (C=O) groups is 1. The summed E-state index contributed by atoms with van der Waals surface area (Å²) in [6, 6.07) is 0. The Hall–Kier alpha value is -1.46. The summed E-state index contributed by atoms with van der Waals surface area (Å²) in [6.45, 7) is 6.01. The van der Waals surface area contributed by atoms with Crippen molar-refractivity contribution in [1.82, 2.24) is 0 Å². The second-order valence-corrected chi connectivity index (χ2v) is 7.96. The van der Waals surface area contributed by atoms with Crippen molar-refractivity contribution in [2.75, 3.05) is 0 Å². The van der Waals surface area contributed by atoms with Gasteiger partial charge in [0.2, 0.25) is 0 Å². The molecule has 0 radical (unpaired) electrons. The van der Waals surface area contributed by atoms with Gasteiger partial charge in [-0.3, -0.25) is 0 Å². The van der Waals surface area contributed by atoms with Crippen LogP contribution in [0.15, 0.2) is 36.0 Å². The van der Waals surface area contributed by atoms with Crippen LogP contribution < -0.4 is 0 Å². The van der Waals surface area contributed by atoms with Crippen LogP contribution in [0, 0.1) is 17.8 Å². The molecule has 0 amide bonds. The molecule has 0 bridgehead atoms. The van der Waals surface area contributed by atoms with Gasteiger partial charge in [-0.1, -0.05) is 43.2 Å². The molecule has 5 heteroatoms. The smallest absolute Gasteiger partial charge is 0.327 e. The summed E-state index contributed by atoms with van der Waals surface area (Å²) in [5, 5.41) is 29.1. The molecule has 0 spiro atoms. The van der Waals surface area contributed by atoms with E-state index < -0.39 is 24.3 Å². The van der Waals surface area contributed by atoms with E-state index in [2.05, 4.69) is 6.08 Å². The van der Waals surface area contributed by atoms with E-state index >= 15 is 0 Å². The van der Waals surface area contributed by atoms with Crippen LogP contribution >= 0.6 is 0 Å². The molecule has 0 aromatic carbocycles. The third kappa shape index (κ3) is 8.85. The lowest BCUT2D eigenvalue weighted by Crippen LogP contribution is -2.21. The first-order valence-corrected chi connectivity index (χ1v) is 9.93. The van der Waals surface area contributed by atoms with Gasteiger partial charge in [0.25, 0.3) is 0 Å². The number of carboxylic acid groups (broad SMARTS) is 1. The molecular weight excluding hydrogens is 347 g/mol. The van der Waals surface area contributed by atoms with Crippen molar-refractivity contribution in [3.63, 3.8) is 0 Å². The molecule has 6 atom stereocenters. The molecule has 154 valence electrons. The standard InChI is InChI=1S/C22H35FO4/c1-15(2)10-11-16(3)20(24)13-12-18-17(19(23)14-21(18)25)8-6-4-5-7-9-22(26)27/h7,9-10,12-13,16-21,24-25H,4-6,8,11,14H2,1-3H3,(H,26,27)/b9-7+,13-12+/t16?,17-,18-,19-,20-,21-/m1/s1. The first-order valence-electron chi connectivity index (χ1n) is 9.93. The fraction of sp³-hybridized carbons (Fsp3) is 0.682. The monoisotopic (exact) mass is 382 g/mol. The number of halogens is 1. The molecule has 1 aliphatic rings. The van der Waals surface area contributed by atoms with Gasteiger partial charge in [-0.25, -0.2) is 9.18 Å². The SMILES string of the molecule is CC(C)=CCC(C)[C@H](O)/C=C/[C@@H]1[C@@H](CCCC/C=C/C(=O)O)[C@H](F)C[C@H]1O. The van der Waals surface area contributed by atoms with E-state index in [-0.39, 0.29) is 24.2 Å². The third-order valence-corrected chi connectivity index (χ3v) is 5.30. The Kier molecular flexibility index (Phi) is 10.6. The van der Waals surface area contributed by atoms with Crippen molar-refractivity contribution in [3.05, 3.63) is 36.0 Å². The molecule has 0 heterocycles. The lowest BCUT2D eigenvalue weighted by atomic mass is 9.87. The minimum atomic E-state index is -1.04. The highest BCUT2D eigenvalue weighted by Gasteiger charge is 2.40. The van der Waals surface area contributed by atoms with E-state index in [1.807, 2.05) is 20.8 Å². The number of allylic oxidation sites excluding steroid dienone is 3. The minimum absolute atomic E-state index is 0.0651. The summed E-state index contributed by atoms with van der Waals surface area (Å²) < 4.78 is 14.3. The number of hydrogen-bond donors (Lipinski definition) is 3. The van der Waals surface area contributed by atoms with Crippen LogP contribution in [0.5, 0.6) is 0 Å². The van der Waals surface area contributed by atoms with Crippen LogP contribution in [0.4, 0.5) is 4.39 Å². The topological polar surface area (TPSA) is 77.8 Å². The van der Waals surface area contributed by atoms with Crippen molar-refractivity contribution in [1.29, 1.82) is 0 Å². The van der Waals surface area contributed by atoms with Crippen LogP contribution in [0.25, 0.3) is 0 Å². The van der Waals surface area contributed by atoms with Crippen LogP contribution in [-0.4, -0.2) is 39.7 Å². The highest BCUT2D eigenvalue weighted by Crippen LogP contribution is 2.39. The Morgan fingerprint density at radius 1 is 1.30 bits per heavy atom. The molecule has 0 aromatic rings. The first kappa shape index (κ1) is 23.6. The van der Waals surface area contributed by atoms with Crippen LogP contribution in [0.2, 0.25) is 0 Å². The van der Waals surface area contributed by atoms with E-state index in [9.17, 15) is 19.4 Å². The molecule has 1 aliphatic carbocycles. The predicted molar refractivity (Wildman–Crippen MR) is 106 cm³/mol. The maximum atomic E-state index is 14.3. The molecule has 0 aliphatic heterocycles. The van der Waals surface area contributed by atoms with Crippen molar-refractivity contribution in [3.8, 4) is 0 Å². The first-order chi connectivity index (χ1) is 12.7. The Balaban J connectivity index is 2.54. The zero-order valence-electron chi connectivity index (χ0n) is 16.7. The highest BCUT2D eigenvalue weighted by atomic mass is 19.1. The van der Waals surface area contributed by atoms with Gasteiger partial charge in [0, 0.05) is 18.4 Å². The van der Waals surface area contributed by atoms with Gasteiger partial charge < -0.3 is 15.3 Å². The highest BCUT2D eigenvalue weighted by molar-refractivity contribution is 5.79. The molecule has 3 N–H and O–H groups in total. The molecule has 1 saturated carbocycles. The van der Waals surface area contributed by atoms with Crippen LogP contribution in [0.1, 0.15) is 59.3 Å². The Morgan fingerprint density at radius 2 is 2.00 bits per heavy atom. The van der Waals surface area contributed by atoms with Gasteiger partial charge in [0.15, 0.2) is 0 Å². The van der Waals surface area contributed by atoms with E-state index in [1.54, 1.807) is 18.2 Å². The molecule has 4 nitrogen and oxygen atoms in total. The van der Waals surface area contributed by atoms with E-state index in [0.29, 0.717) is 12.8 Å². The molecule has 0 saturated heterocycles. The second kappa shape index (κ2) is 12.1. The fourth-order valence-corrected chi connectivity index (χ4v) is 3.55. The third-order valence-electron chi connectivity index (χ3n) is 5.30. The Bertz CT molecular complexity index is 536. The lowest BCUT2D eigenvalue weighted by molar-refractivity contribution is -0.131. The van der Waals surface area contributed by atoms with E-state index in [0.717, 1.165) is 25.3 Å². The summed E-state index contributed by atoms with van der Waals surface area (Å²) in [7, 11) is 0. The van der Waals surface area contributed by atoms with E-state index in [4.69, 9.17) is 5.11 Å². The van der Waals surface area contributed by atoms with E-state index in [1.165, 1.54) is 5.57 Å². The van der Waals surface area contributed by atoms with Gasteiger partial charge in [0.1, 0.15) is 6.17 Å². The van der Waals surface area contributed by atoms with Crippen molar-refractivity contribution < 1.29 is 24.5 Å². The summed E-state index contributed by atoms with van der Waals surface area (Å²) in [5.41, 5.74) is 1.21. The number of hydrogen-bond acceptors (Lipinski definition) is 3. The maximum absolute atomic E-state index is 14.3. The Morgan fingerprint density at radius 3 is 2.63 bits per heavy atom. The van der Waals surface area contributed by atoms with Crippen molar-refractivity contribution >= 4 is 5.97 Å². The quantitative estimate of drug-likeness (QED) is 0.281. The lowest BCUT2D eigenvalue weighted by Gasteiger charge is -2.21. The van der Waals surface area contributed by atoms with Crippen molar-refractivity contribution in [2.24, 2.45) is 17.8 Å². The van der Waals surface area contributed by atoms with Gasteiger partial charge in [-0.2, -0.15) is 0 Å². The zero-order valence-corrected chi connectivity index (χ0v) is 16.7. The van der Waals surface area contributed by atoms with Crippen LogP contribution in [-0.2, 0) is 4.79 Å². The predicted octanol–water partition coefficient (Wildman–Crippen LogP) is 4.43. The molecule has 1 unspecified atom stereocenters. The molecule has 1 rings (SSSR count). The van der Waals surface area contributed by atoms with Gasteiger partial charge in [0.05, 0.1) is 12.2 Å². The summed E-state index contributed by atoms with van der Waals surface area (Å²) in [6.07, 6.45) is 9.76. The molecule has 0 aromatic heterocycles. The summed E-state index contributed by atoms with van der Waals surface area (Å²) >= 11 is 0. The van der Waals surface area contributed by atoms with Crippen molar-refractivity contribution in [2.45, 2.75) is 77.7 Å². The maximum Gasteiger partial charge on any atom is 0.327 e. The Labute approximate surface area is 162 Å². The van der Waals surface area contributed by atoms with Gasteiger partial charge >= 0.3 is 5.97 Å². The number of rotatable bonds is 11. The number of alkyl halides is 1. The molecule has 27 heavy (non-hydrogen) atoms. The number of aliphatic hydroxyl groups excluding tert-OH is 2.